The molecule has 0 saturated heterocycles. The number of hydrogen-bond donors (Lipinski definition) is 1. The highest BCUT2D eigenvalue weighted by molar-refractivity contribution is 6.11. The average Bonchev–Trinajstić information content (AvgIpc) is 3.33. The van der Waals surface area contributed by atoms with Crippen LogP contribution < -0.4 is 10.2 Å². The van der Waals surface area contributed by atoms with Gasteiger partial charge in [-0.3, -0.25) is 9.59 Å². The van der Waals surface area contributed by atoms with Gasteiger partial charge in [0.25, 0.3) is 5.91 Å². The van der Waals surface area contributed by atoms with Crippen molar-refractivity contribution < 1.29 is 9.59 Å². The van der Waals surface area contributed by atoms with Gasteiger partial charge < -0.3 is 10.2 Å². The quantitative estimate of drug-likeness (QED) is 0.912. The van der Waals surface area contributed by atoms with Crippen LogP contribution in [-0.4, -0.2) is 24.4 Å². The van der Waals surface area contributed by atoms with Crippen molar-refractivity contribution in [3.05, 3.63) is 29.8 Å². The molecule has 0 aromatic heterocycles. The smallest absolute Gasteiger partial charge is 0.254 e. The van der Waals surface area contributed by atoms with E-state index in [0.717, 1.165) is 25.1 Å². The van der Waals surface area contributed by atoms with Crippen LogP contribution in [0.2, 0.25) is 0 Å². The third-order valence-corrected chi connectivity index (χ3v) is 4.49. The van der Waals surface area contributed by atoms with Gasteiger partial charge in [0.15, 0.2) is 0 Å². The molecular weight excluding hydrogens is 252 g/mol. The van der Waals surface area contributed by atoms with Gasteiger partial charge in [0.1, 0.15) is 6.04 Å². The number of para-hydroxylation sites is 1. The lowest BCUT2D eigenvalue weighted by atomic mass is 10.1. The van der Waals surface area contributed by atoms with Crippen molar-refractivity contribution in [2.45, 2.75) is 31.7 Å². The van der Waals surface area contributed by atoms with Crippen molar-refractivity contribution in [2.75, 3.05) is 11.4 Å². The van der Waals surface area contributed by atoms with Gasteiger partial charge in [0.05, 0.1) is 11.3 Å². The highest BCUT2D eigenvalue weighted by atomic mass is 16.2. The summed E-state index contributed by atoms with van der Waals surface area (Å²) in [5.41, 5.74) is 1.41. The lowest BCUT2D eigenvalue weighted by Gasteiger charge is -2.25. The number of carbonyl (C=O) groups is 2. The van der Waals surface area contributed by atoms with Crippen molar-refractivity contribution in [1.29, 1.82) is 0 Å². The Balaban J connectivity index is 1.75. The number of nitrogens with zero attached hydrogens (tertiary/aromatic N) is 1. The lowest BCUT2D eigenvalue weighted by molar-refractivity contribution is -0.120. The molecule has 2 fully saturated rings. The molecule has 1 aliphatic heterocycles. The Kier molecular flexibility index (Phi) is 2.59. The molecule has 0 spiro atoms. The summed E-state index contributed by atoms with van der Waals surface area (Å²) in [7, 11) is 0. The summed E-state index contributed by atoms with van der Waals surface area (Å²) in [6, 6.07) is 7.14. The zero-order valence-electron chi connectivity index (χ0n) is 11.3. The number of anilines is 1. The monoisotopic (exact) mass is 270 g/mol. The number of benzene rings is 1. The van der Waals surface area contributed by atoms with E-state index < -0.39 is 0 Å². The number of nitrogens with one attached hydrogen (secondary N) is 1. The molecule has 1 aromatic carbocycles. The van der Waals surface area contributed by atoms with Gasteiger partial charge in [-0.25, -0.2) is 0 Å². The highest BCUT2D eigenvalue weighted by Crippen LogP contribution is 2.38. The number of amides is 2. The van der Waals surface area contributed by atoms with Crippen LogP contribution in [0, 0.1) is 11.8 Å². The Morgan fingerprint density at radius 2 is 1.85 bits per heavy atom. The molecule has 0 radical (unpaired) electrons. The summed E-state index contributed by atoms with van der Waals surface area (Å²) in [6.07, 6.45) is 4.48. The minimum absolute atomic E-state index is 0.0812. The predicted octanol–water partition coefficient (Wildman–Crippen LogP) is 1.95. The first-order valence-electron chi connectivity index (χ1n) is 7.45. The number of carbonyl (C=O) groups excluding carboxylic acids is 2. The fraction of sp³-hybridized carbons (Fsp3) is 0.500. The van der Waals surface area contributed by atoms with Gasteiger partial charge in [-0.15, -0.1) is 0 Å². The summed E-state index contributed by atoms with van der Waals surface area (Å²) in [5.74, 6) is 0.921. The summed E-state index contributed by atoms with van der Waals surface area (Å²) in [4.78, 5) is 27.0. The van der Waals surface area contributed by atoms with E-state index in [2.05, 4.69) is 5.32 Å². The van der Waals surface area contributed by atoms with E-state index in [1.807, 2.05) is 29.2 Å². The molecule has 3 aliphatic rings. The van der Waals surface area contributed by atoms with Crippen molar-refractivity contribution in [3.8, 4) is 0 Å². The van der Waals surface area contributed by atoms with Crippen LogP contribution in [-0.2, 0) is 4.79 Å². The summed E-state index contributed by atoms with van der Waals surface area (Å²) in [5, 5.41) is 2.94. The summed E-state index contributed by atoms with van der Waals surface area (Å²) >= 11 is 0. The maximum absolute atomic E-state index is 12.8. The SMILES string of the molecule is O=C1NC(C2CC2)C(=O)N(CC2CC2)c2ccccc21. The zero-order chi connectivity index (χ0) is 13.7. The number of rotatable bonds is 3. The molecule has 4 heteroatoms. The van der Waals surface area contributed by atoms with Gasteiger partial charge in [-0.05, 0) is 49.7 Å². The van der Waals surface area contributed by atoms with Gasteiger partial charge in [-0.1, -0.05) is 12.1 Å². The number of hydrogen-bond acceptors (Lipinski definition) is 2. The topological polar surface area (TPSA) is 49.4 Å². The second-order valence-corrected chi connectivity index (χ2v) is 6.20. The van der Waals surface area contributed by atoms with Crippen LogP contribution in [0.3, 0.4) is 0 Å². The molecule has 1 heterocycles. The zero-order valence-corrected chi connectivity index (χ0v) is 11.3. The lowest BCUT2D eigenvalue weighted by Crippen LogP contribution is -2.47. The van der Waals surface area contributed by atoms with Crippen LogP contribution in [0.15, 0.2) is 24.3 Å². The molecule has 4 nitrogen and oxygen atoms in total. The Morgan fingerprint density at radius 1 is 1.10 bits per heavy atom. The summed E-state index contributed by atoms with van der Waals surface area (Å²) < 4.78 is 0. The molecular formula is C16H18N2O2. The van der Waals surface area contributed by atoms with Gasteiger partial charge in [0, 0.05) is 6.54 Å². The van der Waals surface area contributed by atoms with Crippen LogP contribution in [0.5, 0.6) is 0 Å². The van der Waals surface area contributed by atoms with Gasteiger partial charge in [0.2, 0.25) is 5.91 Å². The largest absolute Gasteiger partial charge is 0.340 e. The second kappa shape index (κ2) is 4.33. The first-order chi connectivity index (χ1) is 9.74. The molecule has 1 atom stereocenters. The Morgan fingerprint density at radius 3 is 2.55 bits per heavy atom. The standard InChI is InChI=1S/C16H18N2O2/c19-15-12-3-1-2-4-13(12)18(9-10-5-6-10)16(20)14(17-15)11-7-8-11/h1-4,10-11,14H,5-9H2,(H,17,19). The molecule has 2 aliphatic carbocycles. The van der Waals surface area contributed by atoms with Crippen molar-refractivity contribution >= 4 is 17.5 Å². The molecule has 2 amide bonds. The fourth-order valence-corrected chi connectivity index (χ4v) is 2.96. The minimum Gasteiger partial charge on any atom is -0.340 e. The Bertz CT molecular complexity index is 576. The molecule has 104 valence electrons. The van der Waals surface area contributed by atoms with Crippen molar-refractivity contribution in [2.24, 2.45) is 11.8 Å². The normalized spacial score (nSPS) is 26.0. The van der Waals surface area contributed by atoms with E-state index in [4.69, 9.17) is 0 Å². The van der Waals surface area contributed by atoms with Crippen LogP contribution >= 0.6 is 0 Å². The summed E-state index contributed by atoms with van der Waals surface area (Å²) in [6.45, 7) is 0.758. The van der Waals surface area contributed by atoms with E-state index in [-0.39, 0.29) is 17.9 Å². The van der Waals surface area contributed by atoms with E-state index in [0.29, 0.717) is 17.4 Å². The third kappa shape index (κ3) is 1.99. The molecule has 1 aromatic rings. The highest BCUT2D eigenvalue weighted by Gasteiger charge is 2.43. The van der Waals surface area contributed by atoms with E-state index in [1.165, 1.54) is 12.8 Å². The van der Waals surface area contributed by atoms with E-state index in [1.54, 1.807) is 0 Å². The van der Waals surface area contributed by atoms with Gasteiger partial charge in [-0.2, -0.15) is 0 Å². The first-order valence-corrected chi connectivity index (χ1v) is 7.45. The van der Waals surface area contributed by atoms with E-state index >= 15 is 0 Å². The van der Waals surface area contributed by atoms with Crippen molar-refractivity contribution in [3.63, 3.8) is 0 Å². The fourth-order valence-electron chi connectivity index (χ4n) is 2.96. The maximum Gasteiger partial charge on any atom is 0.254 e. The molecule has 20 heavy (non-hydrogen) atoms. The number of fused-ring (bicyclic) bond motifs is 1. The first kappa shape index (κ1) is 11.9. The maximum atomic E-state index is 12.8. The second-order valence-electron chi connectivity index (χ2n) is 6.20. The Labute approximate surface area is 118 Å². The van der Waals surface area contributed by atoms with Crippen molar-refractivity contribution in [1.82, 2.24) is 5.32 Å². The minimum atomic E-state index is -0.325. The average molecular weight is 270 g/mol. The van der Waals surface area contributed by atoms with Crippen LogP contribution in [0.25, 0.3) is 0 Å². The molecule has 1 unspecified atom stereocenters. The van der Waals surface area contributed by atoms with E-state index in [9.17, 15) is 9.59 Å². The predicted molar refractivity (Wildman–Crippen MR) is 75.5 cm³/mol. The molecule has 0 bridgehead atoms. The molecule has 4 rings (SSSR count). The molecule has 2 saturated carbocycles. The van der Waals surface area contributed by atoms with Crippen LogP contribution in [0.1, 0.15) is 36.0 Å². The Hall–Kier alpha value is -1.84. The van der Waals surface area contributed by atoms with Crippen LogP contribution in [0.4, 0.5) is 5.69 Å². The molecule has 1 N–H and O–H groups in total. The van der Waals surface area contributed by atoms with Gasteiger partial charge >= 0.3 is 0 Å². The third-order valence-electron chi connectivity index (χ3n) is 4.49.